The Morgan fingerprint density at radius 2 is 1.86 bits per heavy atom. The zero-order chi connectivity index (χ0) is 20.1. The van der Waals surface area contributed by atoms with Crippen LogP contribution in [0.15, 0.2) is 48.5 Å². The van der Waals surface area contributed by atoms with E-state index in [2.05, 4.69) is 5.32 Å². The van der Waals surface area contributed by atoms with Crippen LogP contribution in [0.4, 0.5) is 10.5 Å². The molecule has 148 valence electrons. The minimum Gasteiger partial charge on any atom is -0.492 e. The highest BCUT2D eigenvalue weighted by atomic mass is 16.5. The fourth-order valence-electron chi connectivity index (χ4n) is 3.32. The number of para-hydroxylation sites is 2. The van der Waals surface area contributed by atoms with Gasteiger partial charge < -0.3 is 19.9 Å². The summed E-state index contributed by atoms with van der Waals surface area (Å²) in [5, 5.41) is 2.88. The van der Waals surface area contributed by atoms with Gasteiger partial charge >= 0.3 is 6.03 Å². The zero-order valence-electron chi connectivity index (χ0n) is 16.6. The number of hydrogen-bond acceptors (Lipinski definition) is 3. The van der Waals surface area contributed by atoms with Crippen LogP contribution in [-0.4, -0.2) is 47.5 Å². The maximum atomic E-state index is 12.8. The summed E-state index contributed by atoms with van der Waals surface area (Å²) in [6, 6.07) is 14.7. The number of carbonyl (C=O) groups is 2. The zero-order valence-corrected chi connectivity index (χ0v) is 16.6. The van der Waals surface area contributed by atoms with Gasteiger partial charge in [-0.1, -0.05) is 42.0 Å². The third kappa shape index (κ3) is 4.44. The van der Waals surface area contributed by atoms with Crippen molar-refractivity contribution in [1.29, 1.82) is 0 Å². The van der Waals surface area contributed by atoms with Gasteiger partial charge in [0.25, 0.3) is 0 Å². The molecule has 1 atom stereocenters. The van der Waals surface area contributed by atoms with Gasteiger partial charge in [0.1, 0.15) is 11.8 Å². The Kier molecular flexibility index (Phi) is 6.19. The monoisotopic (exact) mass is 381 g/mol. The summed E-state index contributed by atoms with van der Waals surface area (Å²) in [6.45, 7) is 7.78. The first kappa shape index (κ1) is 19.7. The number of rotatable bonds is 5. The molecule has 28 heavy (non-hydrogen) atoms. The lowest BCUT2D eigenvalue weighted by atomic mass is 10.1. The summed E-state index contributed by atoms with van der Waals surface area (Å²) in [7, 11) is 0. The first-order valence-corrected chi connectivity index (χ1v) is 9.63. The lowest BCUT2D eigenvalue weighted by Gasteiger charge is -2.39. The second kappa shape index (κ2) is 8.78. The molecule has 0 saturated carbocycles. The van der Waals surface area contributed by atoms with Crippen LogP contribution in [0, 0.1) is 6.92 Å². The van der Waals surface area contributed by atoms with E-state index in [9.17, 15) is 9.59 Å². The van der Waals surface area contributed by atoms with Crippen molar-refractivity contribution < 1.29 is 14.3 Å². The Labute approximate surface area is 166 Å². The van der Waals surface area contributed by atoms with Crippen molar-refractivity contribution >= 4 is 17.6 Å². The lowest BCUT2D eigenvalue weighted by molar-refractivity contribution is -0.139. The standard InChI is InChI=1S/C22H27N3O3/c1-4-28-20-8-6-5-7-19(20)23-22(27)25-14-13-24(21(26)17(25)3)15-18-11-9-16(2)10-12-18/h5-12,17H,4,13-15H2,1-3H3,(H,23,27). The summed E-state index contributed by atoms with van der Waals surface area (Å²) >= 11 is 0. The molecule has 2 aromatic carbocycles. The number of nitrogens with zero attached hydrogens (tertiary/aromatic N) is 2. The van der Waals surface area contributed by atoms with E-state index in [1.165, 1.54) is 5.56 Å². The number of nitrogens with one attached hydrogen (secondary N) is 1. The lowest BCUT2D eigenvalue weighted by Crippen LogP contribution is -2.58. The SMILES string of the molecule is CCOc1ccccc1NC(=O)N1CCN(Cc2ccc(C)cc2)C(=O)C1C. The topological polar surface area (TPSA) is 61.9 Å². The number of amides is 3. The number of aryl methyl sites for hydroxylation is 1. The van der Waals surface area contributed by atoms with E-state index in [1.807, 2.05) is 61.2 Å². The van der Waals surface area contributed by atoms with Crippen LogP contribution in [0.5, 0.6) is 5.75 Å². The molecule has 0 aromatic heterocycles. The Balaban J connectivity index is 1.64. The van der Waals surface area contributed by atoms with Gasteiger partial charge in [0.2, 0.25) is 5.91 Å². The van der Waals surface area contributed by atoms with Crippen molar-refractivity contribution in [3.05, 3.63) is 59.7 Å². The van der Waals surface area contributed by atoms with E-state index in [1.54, 1.807) is 17.9 Å². The van der Waals surface area contributed by atoms with Gasteiger partial charge in [-0.15, -0.1) is 0 Å². The molecule has 1 heterocycles. The molecule has 1 N–H and O–H groups in total. The van der Waals surface area contributed by atoms with Gasteiger partial charge in [-0.2, -0.15) is 0 Å². The number of anilines is 1. The van der Waals surface area contributed by atoms with Gasteiger partial charge in [0.15, 0.2) is 0 Å². The van der Waals surface area contributed by atoms with Crippen molar-refractivity contribution in [2.45, 2.75) is 33.4 Å². The van der Waals surface area contributed by atoms with Crippen molar-refractivity contribution in [2.24, 2.45) is 0 Å². The van der Waals surface area contributed by atoms with Gasteiger partial charge in [-0.3, -0.25) is 4.79 Å². The predicted octanol–water partition coefficient (Wildman–Crippen LogP) is 3.66. The van der Waals surface area contributed by atoms with Crippen molar-refractivity contribution in [3.8, 4) is 5.75 Å². The van der Waals surface area contributed by atoms with E-state index >= 15 is 0 Å². The summed E-state index contributed by atoms with van der Waals surface area (Å²) in [6.07, 6.45) is 0. The summed E-state index contributed by atoms with van der Waals surface area (Å²) < 4.78 is 5.56. The number of hydrogen-bond donors (Lipinski definition) is 1. The van der Waals surface area contributed by atoms with Gasteiger partial charge in [-0.25, -0.2) is 4.79 Å². The van der Waals surface area contributed by atoms with Crippen LogP contribution in [0.1, 0.15) is 25.0 Å². The number of carbonyl (C=O) groups excluding carboxylic acids is 2. The van der Waals surface area contributed by atoms with E-state index in [0.717, 1.165) is 5.56 Å². The fraction of sp³-hybridized carbons (Fsp3) is 0.364. The molecule has 0 aliphatic carbocycles. The molecule has 0 spiro atoms. The first-order chi connectivity index (χ1) is 13.5. The third-order valence-electron chi connectivity index (χ3n) is 4.93. The first-order valence-electron chi connectivity index (χ1n) is 9.63. The Hall–Kier alpha value is -3.02. The molecule has 1 fully saturated rings. The molecule has 0 bridgehead atoms. The van der Waals surface area contributed by atoms with Crippen LogP contribution < -0.4 is 10.1 Å². The van der Waals surface area contributed by atoms with Crippen LogP contribution >= 0.6 is 0 Å². The van der Waals surface area contributed by atoms with Crippen LogP contribution in [0.25, 0.3) is 0 Å². The normalized spacial score (nSPS) is 16.8. The van der Waals surface area contributed by atoms with Crippen LogP contribution in [0.2, 0.25) is 0 Å². The van der Waals surface area contributed by atoms with Gasteiger partial charge in [0.05, 0.1) is 12.3 Å². The molecule has 6 nitrogen and oxygen atoms in total. The highest BCUT2D eigenvalue weighted by molar-refractivity contribution is 5.95. The minimum atomic E-state index is -0.515. The van der Waals surface area contributed by atoms with Gasteiger partial charge in [0, 0.05) is 19.6 Å². The Morgan fingerprint density at radius 1 is 1.14 bits per heavy atom. The number of benzene rings is 2. The highest BCUT2D eigenvalue weighted by Crippen LogP contribution is 2.25. The second-order valence-corrected chi connectivity index (χ2v) is 6.97. The Morgan fingerprint density at radius 3 is 2.57 bits per heavy atom. The predicted molar refractivity (Wildman–Crippen MR) is 109 cm³/mol. The highest BCUT2D eigenvalue weighted by Gasteiger charge is 2.34. The van der Waals surface area contributed by atoms with Crippen LogP contribution in [-0.2, 0) is 11.3 Å². The quantitative estimate of drug-likeness (QED) is 0.860. The average Bonchev–Trinajstić information content (AvgIpc) is 2.69. The maximum absolute atomic E-state index is 12.8. The van der Waals surface area contributed by atoms with E-state index in [0.29, 0.717) is 37.7 Å². The maximum Gasteiger partial charge on any atom is 0.322 e. The minimum absolute atomic E-state index is 0.0416. The summed E-state index contributed by atoms with van der Waals surface area (Å²) in [5.74, 6) is 0.579. The Bertz CT molecular complexity index is 835. The van der Waals surface area contributed by atoms with E-state index < -0.39 is 6.04 Å². The number of urea groups is 1. The van der Waals surface area contributed by atoms with Gasteiger partial charge in [-0.05, 0) is 38.5 Å². The molecular weight excluding hydrogens is 354 g/mol. The molecule has 0 radical (unpaired) electrons. The molecule has 2 aromatic rings. The summed E-state index contributed by atoms with van der Waals surface area (Å²) in [4.78, 5) is 29.0. The van der Waals surface area contributed by atoms with Crippen molar-refractivity contribution in [2.75, 3.05) is 25.0 Å². The second-order valence-electron chi connectivity index (χ2n) is 6.97. The fourth-order valence-corrected chi connectivity index (χ4v) is 3.32. The van der Waals surface area contributed by atoms with E-state index in [-0.39, 0.29) is 11.9 Å². The summed E-state index contributed by atoms with van der Waals surface area (Å²) in [5.41, 5.74) is 2.89. The van der Waals surface area contributed by atoms with Crippen LogP contribution in [0.3, 0.4) is 0 Å². The number of piperazine rings is 1. The molecule has 3 rings (SSSR count). The molecule has 6 heteroatoms. The molecular formula is C22H27N3O3. The van der Waals surface area contributed by atoms with Crippen molar-refractivity contribution in [3.63, 3.8) is 0 Å². The third-order valence-corrected chi connectivity index (χ3v) is 4.93. The molecule has 3 amide bonds. The smallest absolute Gasteiger partial charge is 0.322 e. The largest absolute Gasteiger partial charge is 0.492 e. The van der Waals surface area contributed by atoms with E-state index in [4.69, 9.17) is 4.74 Å². The average molecular weight is 381 g/mol. The number of ether oxygens (including phenoxy) is 1. The molecule has 1 aliphatic heterocycles. The molecule has 1 aliphatic rings. The molecule has 1 unspecified atom stereocenters. The molecule has 1 saturated heterocycles. The van der Waals surface area contributed by atoms with Crippen molar-refractivity contribution in [1.82, 2.24) is 9.80 Å².